The molecule has 2 N–H and O–H groups in total. The minimum absolute atomic E-state index is 0.0489. The van der Waals surface area contributed by atoms with Gasteiger partial charge in [0, 0.05) is 12.2 Å². The molecule has 0 unspecified atom stereocenters. The number of alkyl halides is 2. The summed E-state index contributed by atoms with van der Waals surface area (Å²) in [5.41, 5.74) is 0.516. The molecule has 0 bridgehead atoms. The summed E-state index contributed by atoms with van der Waals surface area (Å²) in [7, 11) is 0. The quantitative estimate of drug-likeness (QED) is 0.579. The number of benzene rings is 1. The van der Waals surface area contributed by atoms with Crippen molar-refractivity contribution < 1.29 is 18.3 Å². The van der Waals surface area contributed by atoms with E-state index in [1.807, 2.05) is 0 Å². The maximum atomic E-state index is 11.9. The van der Waals surface area contributed by atoms with Crippen LogP contribution in [0.3, 0.4) is 0 Å². The molecule has 0 saturated carbocycles. The van der Waals surface area contributed by atoms with Gasteiger partial charge in [0.25, 0.3) is 0 Å². The van der Waals surface area contributed by atoms with Crippen LogP contribution < -0.4 is 15.4 Å². The van der Waals surface area contributed by atoms with Crippen molar-refractivity contribution in [2.45, 2.75) is 6.61 Å². The van der Waals surface area contributed by atoms with Crippen LogP contribution in [0.15, 0.2) is 36.9 Å². The van der Waals surface area contributed by atoms with Crippen LogP contribution in [0.2, 0.25) is 0 Å². The molecule has 0 spiro atoms. The van der Waals surface area contributed by atoms with Crippen LogP contribution in [0.4, 0.5) is 14.5 Å². The van der Waals surface area contributed by atoms with Crippen LogP contribution in [0, 0.1) is 0 Å². The molecule has 1 aromatic carbocycles. The van der Waals surface area contributed by atoms with E-state index in [4.69, 9.17) is 0 Å². The molecule has 6 heteroatoms. The number of nitrogens with one attached hydrogen (secondary N) is 2. The topological polar surface area (TPSA) is 50.4 Å². The molecule has 0 radical (unpaired) electrons. The van der Waals surface area contributed by atoms with Gasteiger partial charge in [-0.15, -0.1) is 6.58 Å². The van der Waals surface area contributed by atoms with Gasteiger partial charge in [-0.25, -0.2) is 0 Å². The number of anilines is 1. The lowest BCUT2D eigenvalue weighted by molar-refractivity contribution is -0.115. The van der Waals surface area contributed by atoms with Gasteiger partial charge in [-0.1, -0.05) is 6.08 Å². The fourth-order valence-electron chi connectivity index (χ4n) is 1.21. The number of carbonyl (C=O) groups is 1. The van der Waals surface area contributed by atoms with E-state index in [0.717, 1.165) is 0 Å². The molecule has 98 valence electrons. The van der Waals surface area contributed by atoms with Crippen LogP contribution in [0.25, 0.3) is 0 Å². The Balaban J connectivity index is 2.42. The molecule has 1 amide bonds. The molecule has 0 aromatic heterocycles. The molecule has 0 atom stereocenters. The van der Waals surface area contributed by atoms with Crippen molar-refractivity contribution in [2.24, 2.45) is 0 Å². The largest absolute Gasteiger partial charge is 0.435 e. The lowest BCUT2D eigenvalue weighted by atomic mass is 10.3. The average molecular weight is 256 g/mol. The molecule has 18 heavy (non-hydrogen) atoms. The summed E-state index contributed by atoms with van der Waals surface area (Å²) < 4.78 is 28.0. The van der Waals surface area contributed by atoms with Gasteiger partial charge in [-0.05, 0) is 24.3 Å². The van der Waals surface area contributed by atoms with E-state index in [-0.39, 0.29) is 18.2 Å². The summed E-state index contributed by atoms with van der Waals surface area (Å²) in [6.07, 6.45) is 1.64. The lowest BCUT2D eigenvalue weighted by Crippen LogP contribution is -2.28. The van der Waals surface area contributed by atoms with Crippen molar-refractivity contribution >= 4 is 11.6 Å². The Morgan fingerprint density at radius 3 is 2.61 bits per heavy atom. The Hall–Kier alpha value is -1.95. The molecular weight excluding hydrogens is 242 g/mol. The van der Waals surface area contributed by atoms with Crippen LogP contribution in [-0.4, -0.2) is 25.6 Å². The second-order valence-corrected chi connectivity index (χ2v) is 3.37. The second kappa shape index (κ2) is 7.39. The van der Waals surface area contributed by atoms with Crippen LogP contribution in [0.1, 0.15) is 0 Å². The third-order valence-electron chi connectivity index (χ3n) is 1.94. The van der Waals surface area contributed by atoms with Gasteiger partial charge in [0.05, 0.1) is 6.54 Å². The molecular formula is C12H14F2N2O2. The second-order valence-electron chi connectivity index (χ2n) is 3.37. The van der Waals surface area contributed by atoms with E-state index >= 15 is 0 Å². The normalized spacial score (nSPS) is 10.2. The first kappa shape index (κ1) is 14.1. The summed E-state index contributed by atoms with van der Waals surface area (Å²) in [5, 5.41) is 5.44. The number of carbonyl (C=O) groups excluding carboxylic acids is 1. The van der Waals surface area contributed by atoms with Crippen molar-refractivity contribution in [3.05, 3.63) is 36.9 Å². The fraction of sp³-hybridized carbons (Fsp3) is 0.250. The van der Waals surface area contributed by atoms with Gasteiger partial charge < -0.3 is 15.4 Å². The van der Waals surface area contributed by atoms with Crippen molar-refractivity contribution in [3.8, 4) is 5.75 Å². The zero-order chi connectivity index (χ0) is 13.4. The Kier molecular flexibility index (Phi) is 5.79. The lowest BCUT2D eigenvalue weighted by Gasteiger charge is -2.07. The SMILES string of the molecule is C=CCNCC(=O)Nc1ccc(OC(F)F)cc1. The van der Waals surface area contributed by atoms with Crippen molar-refractivity contribution in [3.63, 3.8) is 0 Å². The number of ether oxygens (including phenoxy) is 1. The van der Waals surface area contributed by atoms with E-state index in [1.165, 1.54) is 24.3 Å². The summed E-state index contributed by atoms with van der Waals surface area (Å²) in [5.74, 6) is -0.174. The molecule has 0 aliphatic rings. The summed E-state index contributed by atoms with van der Waals surface area (Å²) >= 11 is 0. The van der Waals surface area contributed by atoms with E-state index < -0.39 is 6.61 Å². The van der Waals surface area contributed by atoms with Crippen LogP contribution >= 0.6 is 0 Å². The highest BCUT2D eigenvalue weighted by atomic mass is 19.3. The molecule has 0 fully saturated rings. The third kappa shape index (κ3) is 5.40. The third-order valence-corrected chi connectivity index (χ3v) is 1.94. The first-order valence-corrected chi connectivity index (χ1v) is 5.28. The monoisotopic (exact) mass is 256 g/mol. The average Bonchev–Trinajstić information content (AvgIpc) is 2.31. The van der Waals surface area contributed by atoms with E-state index in [0.29, 0.717) is 12.2 Å². The maximum Gasteiger partial charge on any atom is 0.387 e. The van der Waals surface area contributed by atoms with Crippen LogP contribution in [0.5, 0.6) is 5.75 Å². The molecule has 1 aromatic rings. The highest BCUT2D eigenvalue weighted by molar-refractivity contribution is 5.92. The van der Waals surface area contributed by atoms with Gasteiger partial charge in [0.2, 0.25) is 5.91 Å². The van der Waals surface area contributed by atoms with Crippen LogP contribution in [-0.2, 0) is 4.79 Å². The smallest absolute Gasteiger partial charge is 0.387 e. The van der Waals surface area contributed by atoms with Crippen molar-refractivity contribution in [1.82, 2.24) is 5.32 Å². The fourth-order valence-corrected chi connectivity index (χ4v) is 1.21. The molecule has 4 nitrogen and oxygen atoms in total. The molecule has 1 rings (SSSR count). The Morgan fingerprint density at radius 2 is 2.06 bits per heavy atom. The first-order chi connectivity index (χ1) is 8.61. The number of halogens is 2. The highest BCUT2D eigenvalue weighted by Gasteiger charge is 2.05. The van der Waals surface area contributed by atoms with Gasteiger partial charge in [-0.3, -0.25) is 4.79 Å². The summed E-state index contributed by atoms with van der Waals surface area (Å²) in [4.78, 5) is 11.4. The minimum Gasteiger partial charge on any atom is -0.435 e. The predicted octanol–water partition coefficient (Wildman–Crippen LogP) is 2.00. The molecule has 0 heterocycles. The van der Waals surface area contributed by atoms with Gasteiger partial charge >= 0.3 is 6.61 Å². The Bertz CT molecular complexity index is 394. The van der Waals surface area contributed by atoms with Gasteiger partial charge in [-0.2, -0.15) is 8.78 Å². The molecule has 0 saturated heterocycles. The summed E-state index contributed by atoms with van der Waals surface area (Å²) in [6.45, 7) is 1.34. The van der Waals surface area contributed by atoms with E-state index in [1.54, 1.807) is 6.08 Å². The highest BCUT2D eigenvalue weighted by Crippen LogP contribution is 2.17. The van der Waals surface area contributed by atoms with E-state index in [2.05, 4.69) is 21.9 Å². The van der Waals surface area contributed by atoms with Gasteiger partial charge in [0.15, 0.2) is 0 Å². The minimum atomic E-state index is -2.85. The predicted molar refractivity (Wildman–Crippen MR) is 64.8 cm³/mol. The molecule has 0 aliphatic heterocycles. The standard InChI is InChI=1S/C12H14F2N2O2/c1-2-7-15-8-11(17)16-9-3-5-10(6-4-9)18-12(13)14/h2-6,12,15H,1,7-8H2,(H,16,17). The number of hydrogen-bond acceptors (Lipinski definition) is 3. The number of hydrogen-bond donors (Lipinski definition) is 2. The zero-order valence-corrected chi connectivity index (χ0v) is 9.66. The Morgan fingerprint density at radius 1 is 1.39 bits per heavy atom. The van der Waals surface area contributed by atoms with Crippen molar-refractivity contribution in [2.75, 3.05) is 18.4 Å². The van der Waals surface area contributed by atoms with Crippen molar-refractivity contribution in [1.29, 1.82) is 0 Å². The molecule has 0 aliphatic carbocycles. The van der Waals surface area contributed by atoms with E-state index in [9.17, 15) is 13.6 Å². The summed E-state index contributed by atoms with van der Waals surface area (Å²) in [6, 6.07) is 5.70. The maximum absolute atomic E-state index is 11.9. The first-order valence-electron chi connectivity index (χ1n) is 5.28. The van der Waals surface area contributed by atoms with Gasteiger partial charge in [0.1, 0.15) is 5.75 Å². The number of amides is 1. The zero-order valence-electron chi connectivity index (χ0n) is 9.66. The Labute approximate surface area is 104 Å². The number of rotatable bonds is 7.